The largest absolute Gasteiger partial charge is 0.390 e. The second-order valence-corrected chi connectivity index (χ2v) is 4.92. The summed E-state index contributed by atoms with van der Waals surface area (Å²) in [5.41, 5.74) is 2.15. The zero-order valence-corrected chi connectivity index (χ0v) is 9.73. The number of pyridine rings is 1. The molecule has 0 radical (unpaired) electrons. The molecule has 1 aromatic heterocycles. The van der Waals surface area contributed by atoms with Crippen LogP contribution in [0.3, 0.4) is 0 Å². The number of hydrogen-bond donors (Lipinski definition) is 1. The van der Waals surface area contributed by atoms with Crippen LogP contribution in [-0.4, -0.2) is 22.4 Å². The Bertz CT molecular complexity index is 357. The number of aromatic nitrogens is 1. The van der Waals surface area contributed by atoms with Crippen molar-refractivity contribution >= 4 is 0 Å². The monoisotopic (exact) mass is 223 g/mol. The Morgan fingerprint density at radius 1 is 1.44 bits per heavy atom. The first-order chi connectivity index (χ1) is 7.58. The van der Waals surface area contributed by atoms with Gasteiger partial charge in [0, 0.05) is 11.9 Å². The molecule has 3 atom stereocenters. The molecular weight excluding hydrogens is 205 g/mol. The normalized spacial score (nSPS) is 29.9. The van der Waals surface area contributed by atoms with Gasteiger partial charge in [0.15, 0.2) is 0 Å². The van der Waals surface area contributed by atoms with Crippen molar-refractivity contribution in [2.24, 2.45) is 0 Å². The lowest BCUT2D eigenvalue weighted by Gasteiger charge is -2.12. The lowest BCUT2D eigenvalue weighted by molar-refractivity contribution is 0.103. The minimum absolute atomic E-state index is 0.144. The van der Waals surface area contributed by atoms with Gasteiger partial charge in [-0.15, -0.1) is 0 Å². The second kappa shape index (κ2) is 4.50. The third-order valence-electron chi connectivity index (χ3n) is 3.32. The summed E-state index contributed by atoms with van der Waals surface area (Å²) < 4.78 is 13.2. The van der Waals surface area contributed by atoms with Crippen LogP contribution in [0, 0.1) is 0 Å². The van der Waals surface area contributed by atoms with Crippen LogP contribution in [-0.2, 0) is 0 Å². The van der Waals surface area contributed by atoms with Crippen molar-refractivity contribution < 1.29 is 9.50 Å². The van der Waals surface area contributed by atoms with Gasteiger partial charge < -0.3 is 5.11 Å². The van der Waals surface area contributed by atoms with Crippen LogP contribution in [0.25, 0.3) is 0 Å². The molecule has 0 aromatic carbocycles. The molecule has 0 spiro atoms. The van der Waals surface area contributed by atoms with Crippen molar-refractivity contribution in [1.29, 1.82) is 0 Å². The van der Waals surface area contributed by atoms with E-state index in [1.54, 1.807) is 6.20 Å². The van der Waals surface area contributed by atoms with Gasteiger partial charge >= 0.3 is 0 Å². The van der Waals surface area contributed by atoms with Crippen LogP contribution >= 0.6 is 0 Å². The Kier molecular flexibility index (Phi) is 3.24. The third kappa shape index (κ3) is 2.24. The van der Waals surface area contributed by atoms with Crippen molar-refractivity contribution in [3.8, 4) is 0 Å². The molecule has 16 heavy (non-hydrogen) atoms. The topological polar surface area (TPSA) is 33.1 Å². The summed E-state index contributed by atoms with van der Waals surface area (Å²) in [6, 6.07) is 3.97. The molecule has 1 heterocycles. The molecule has 0 aliphatic heterocycles. The minimum Gasteiger partial charge on any atom is -0.390 e. The SMILES string of the molecule is CC(C)c1cc(C2CC(O)C(F)C2)ccn1. The Morgan fingerprint density at radius 2 is 2.19 bits per heavy atom. The highest BCUT2D eigenvalue weighted by molar-refractivity contribution is 5.24. The van der Waals surface area contributed by atoms with Gasteiger partial charge in [-0.05, 0) is 42.4 Å². The van der Waals surface area contributed by atoms with Crippen molar-refractivity contribution in [1.82, 2.24) is 4.98 Å². The highest BCUT2D eigenvalue weighted by Gasteiger charge is 2.33. The first kappa shape index (κ1) is 11.5. The maximum Gasteiger partial charge on any atom is 0.126 e. The predicted octanol–water partition coefficient (Wildman–Crippen LogP) is 2.78. The van der Waals surface area contributed by atoms with E-state index in [1.807, 2.05) is 12.1 Å². The summed E-state index contributed by atoms with van der Waals surface area (Å²) in [6.45, 7) is 4.18. The fraction of sp³-hybridized carbons (Fsp3) is 0.615. The Hall–Kier alpha value is -0.960. The molecule has 3 unspecified atom stereocenters. The molecule has 1 saturated carbocycles. The molecule has 1 aromatic rings. The minimum atomic E-state index is -1.07. The molecule has 1 N–H and O–H groups in total. The van der Waals surface area contributed by atoms with E-state index in [4.69, 9.17) is 0 Å². The standard InChI is InChI=1S/C13H18FNO/c1-8(2)12-6-9(3-4-15-12)10-5-11(14)13(16)7-10/h3-4,6,8,10-11,13,16H,5,7H2,1-2H3. The predicted molar refractivity (Wildman–Crippen MR) is 61.2 cm³/mol. The van der Waals surface area contributed by atoms with Gasteiger partial charge in [0.1, 0.15) is 6.17 Å². The molecular formula is C13H18FNO. The van der Waals surface area contributed by atoms with Gasteiger partial charge in [0.05, 0.1) is 6.10 Å². The van der Waals surface area contributed by atoms with Crippen LogP contribution in [0.1, 0.15) is 49.8 Å². The number of halogens is 1. The maximum atomic E-state index is 13.2. The van der Waals surface area contributed by atoms with E-state index in [9.17, 15) is 9.50 Å². The average Bonchev–Trinajstić information content (AvgIpc) is 2.59. The number of aliphatic hydroxyl groups is 1. The molecule has 88 valence electrons. The van der Waals surface area contributed by atoms with Crippen molar-refractivity contribution in [3.63, 3.8) is 0 Å². The first-order valence-electron chi connectivity index (χ1n) is 5.86. The smallest absolute Gasteiger partial charge is 0.126 e. The van der Waals surface area contributed by atoms with E-state index in [1.165, 1.54) is 0 Å². The average molecular weight is 223 g/mol. The van der Waals surface area contributed by atoms with Crippen LogP contribution in [0.5, 0.6) is 0 Å². The van der Waals surface area contributed by atoms with E-state index >= 15 is 0 Å². The highest BCUT2D eigenvalue weighted by Crippen LogP contribution is 2.36. The third-order valence-corrected chi connectivity index (χ3v) is 3.32. The van der Waals surface area contributed by atoms with E-state index in [0.29, 0.717) is 18.8 Å². The van der Waals surface area contributed by atoms with Crippen LogP contribution in [0.4, 0.5) is 4.39 Å². The number of hydrogen-bond acceptors (Lipinski definition) is 2. The number of nitrogens with zero attached hydrogens (tertiary/aromatic N) is 1. The summed E-state index contributed by atoms with van der Waals surface area (Å²) in [7, 11) is 0. The van der Waals surface area contributed by atoms with E-state index in [0.717, 1.165) is 11.3 Å². The summed E-state index contributed by atoms with van der Waals surface area (Å²) in [4.78, 5) is 4.29. The van der Waals surface area contributed by atoms with Crippen molar-refractivity contribution in [2.45, 2.75) is 50.8 Å². The molecule has 1 fully saturated rings. The van der Waals surface area contributed by atoms with E-state index in [-0.39, 0.29) is 5.92 Å². The van der Waals surface area contributed by atoms with Crippen LogP contribution < -0.4 is 0 Å². The number of rotatable bonds is 2. The molecule has 0 amide bonds. The fourth-order valence-corrected chi connectivity index (χ4v) is 2.27. The lowest BCUT2D eigenvalue weighted by atomic mass is 9.96. The maximum absolute atomic E-state index is 13.2. The molecule has 1 aliphatic rings. The number of alkyl halides is 1. The van der Waals surface area contributed by atoms with E-state index < -0.39 is 12.3 Å². The lowest BCUT2D eigenvalue weighted by Crippen LogP contribution is -2.12. The van der Waals surface area contributed by atoms with Gasteiger partial charge in [0.2, 0.25) is 0 Å². The Balaban J connectivity index is 2.18. The Morgan fingerprint density at radius 3 is 2.75 bits per heavy atom. The second-order valence-electron chi connectivity index (χ2n) is 4.92. The summed E-state index contributed by atoms with van der Waals surface area (Å²) >= 11 is 0. The summed E-state index contributed by atoms with van der Waals surface area (Å²) in [5, 5.41) is 9.42. The van der Waals surface area contributed by atoms with Gasteiger partial charge in [-0.3, -0.25) is 4.98 Å². The number of aliphatic hydroxyl groups excluding tert-OH is 1. The molecule has 0 saturated heterocycles. The summed E-state index contributed by atoms with van der Waals surface area (Å²) in [5.74, 6) is 0.526. The van der Waals surface area contributed by atoms with Crippen LogP contribution in [0.15, 0.2) is 18.3 Å². The van der Waals surface area contributed by atoms with Gasteiger partial charge in [-0.1, -0.05) is 13.8 Å². The van der Waals surface area contributed by atoms with Gasteiger partial charge in [-0.2, -0.15) is 0 Å². The molecule has 3 heteroatoms. The van der Waals surface area contributed by atoms with Gasteiger partial charge in [-0.25, -0.2) is 4.39 Å². The highest BCUT2D eigenvalue weighted by atomic mass is 19.1. The molecule has 2 rings (SSSR count). The van der Waals surface area contributed by atoms with Crippen molar-refractivity contribution in [3.05, 3.63) is 29.6 Å². The molecule has 0 bridgehead atoms. The van der Waals surface area contributed by atoms with Crippen LogP contribution in [0.2, 0.25) is 0 Å². The Labute approximate surface area is 95.5 Å². The summed E-state index contributed by atoms with van der Waals surface area (Å²) in [6.07, 6.45) is 0.884. The quantitative estimate of drug-likeness (QED) is 0.836. The van der Waals surface area contributed by atoms with Gasteiger partial charge in [0.25, 0.3) is 0 Å². The fourth-order valence-electron chi connectivity index (χ4n) is 2.27. The van der Waals surface area contributed by atoms with Crippen molar-refractivity contribution in [2.75, 3.05) is 0 Å². The molecule has 2 nitrogen and oxygen atoms in total. The first-order valence-corrected chi connectivity index (χ1v) is 5.86. The zero-order valence-electron chi connectivity index (χ0n) is 9.73. The molecule has 1 aliphatic carbocycles. The zero-order chi connectivity index (χ0) is 11.7. The van der Waals surface area contributed by atoms with E-state index in [2.05, 4.69) is 18.8 Å².